The lowest BCUT2D eigenvalue weighted by Gasteiger charge is -2.19. The summed E-state index contributed by atoms with van der Waals surface area (Å²) in [4.78, 5) is 2.03. The molecule has 0 saturated carbocycles. The number of rotatable bonds is 2. The van der Waals surface area contributed by atoms with Gasteiger partial charge in [0.2, 0.25) is 0 Å². The summed E-state index contributed by atoms with van der Waals surface area (Å²) in [5.74, 6) is -0.207. The van der Waals surface area contributed by atoms with E-state index in [9.17, 15) is 4.39 Å². The summed E-state index contributed by atoms with van der Waals surface area (Å²) in [5, 5.41) is 0. The highest BCUT2D eigenvalue weighted by molar-refractivity contribution is 5.62. The molecule has 0 saturated heterocycles. The van der Waals surface area contributed by atoms with Gasteiger partial charge >= 0.3 is 0 Å². The number of benzene rings is 2. The Bertz CT molecular complexity index is 476. The minimum Gasteiger partial charge on any atom is -0.345 e. The van der Waals surface area contributed by atoms with Crippen molar-refractivity contribution in [3.05, 3.63) is 59.9 Å². The Hall–Kier alpha value is -1.83. The van der Waals surface area contributed by atoms with Crippen LogP contribution in [0.25, 0.3) is 0 Å². The van der Waals surface area contributed by atoms with E-state index in [1.807, 2.05) is 24.1 Å². The molecular formula is C14H14FN. The second-order valence-corrected chi connectivity index (χ2v) is 3.87. The predicted molar refractivity (Wildman–Crippen MR) is 65.6 cm³/mol. The Kier molecular flexibility index (Phi) is 2.91. The lowest BCUT2D eigenvalue weighted by molar-refractivity contribution is 0.628. The van der Waals surface area contributed by atoms with Gasteiger partial charge < -0.3 is 4.90 Å². The third kappa shape index (κ3) is 2.22. The summed E-state index contributed by atoms with van der Waals surface area (Å²) in [6.45, 7) is 2.06. The monoisotopic (exact) mass is 215 g/mol. The molecule has 0 radical (unpaired) electrons. The summed E-state index contributed by atoms with van der Waals surface area (Å²) in [6, 6.07) is 14.7. The average molecular weight is 215 g/mol. The van der Waals surface area contributed by atoms with Gasteiger partial charge in [0.05, 0.1) is 0 Å². The standard InChI is InChI=1S/C14H14FN/c1-11-4-3-5-14(10-11)16(2)13-8-6-12(15)7-9-13/h3-10H,1-2H3. The molecule has 0 aliphatic rings. The van der Waals surface area contributed by atoms with Gasteiger partial charge in [-0.2, -0.15) is 0 Å². The summed E-state index contributed by atoms with van der Waals surface area (Å²) in [5.41, 5.74) is 3.30. The minimum atomic E-state index is -0.207. The third-order valence-electron chi connectivity index (χ3n) is 2.60. The first kappa shape index (κ1) is 10.7. The first-order valence-corrected chi connectivity index (χ1v) is 5.23. The van der Waals surface area contributed by atoms with Gasteiger partial charge in [-0.15, -0.1) is 0 Å². The Labute approximate surface area is 95.1 Å². The Morgan fingerprint density at radius 3 is 2.25 bits per heavy atom. The molecule has 0 spiro atoms. The van der Waals surface area contributed by atoms with Gasteiger partial charge in [0.15, 0.2) is 0 Å². The Morgan fingerprint density at radius 1 is 0.938 bits per heavy atom. The van der Waals surface area contributed by atoms with E-state index in [0.717, 1.165) is 11.4 Å². The zero-order valence-corrected chi connectivity index (χ0v) is 9.44. The molecule has 2 aromatic carbocycles. The van der Waals surface area contributed by atoms with Crippen LogP contribution in [0.5, 0.6) is 0 Å². The summed E-state index contributed by atoms with van der Waals surface area (Å²) >= 11 is 0. The van der Waals surface area contributed by atoms with Crippen molar-refractivity contribution in [2.75, 3.05) is 11.9 Å². The predicted octanol–water partition coefficient (Wildman–Crippen LogP) is 3.90. The summed E-state index contributed by atoms with van der Waals surface area (Å²) in [7, 11) is 1.97. The van der Waals surface area contributed by atoms with Gasteiger partial charge in [-0.05, 0) is 48.9 Å². The number of nitrogens with zero attached hydrogens (tertiary/aromatic N) is 1. The average Bonchev–Trinajstić information content (AvgIpc) is 2.29. The van der Waals surface area contributed by atoms with E-state index in [0.29, 0.717) is 0 Å². The van der Waals surface area contributed by atoms with Crippen LogP contribution in [-0.2, 0) is 0 Å². The molecule has 0 bridgehead atoms. The number of hydrogen-bond donors (Lipinski definition) is 0. The SMILES string of the molecule is Cc1cccc(N(C)c2ccc(F)cc2)c1. The van der Waals surface area contributed by atoms with Crippen LogP contribution in [0.2, 0.25) is 0 Å². The minimum absolute atomic E-state index is 0.207. The third-order valence-corrected chi connectivity index (χ3v) is 2.60. The summed E-state index contributed by atoms with van der Waals surface area (Å²) < 4.78 is 12.8. The van der Waals surface area contributed by atoms with E-state index in [2.05, 4.69) is 19.1 Å². The van der Waals surface area contributed by atoms with Crippen LogP contribution in [0.4, 0.5) is 15.8 Å². The zero-order valence-electron chi connectivity index (χ0n) is 9.44. The molecule has 82 valence electrons. The fraction of sp³-hybridized carbons (Fsp3) is 0.143. The van der Waals surface area contributed by atoms with Crippen molar-refractivity contribution in [2.45, 2.75) is 6.92 Å². The maximum Gasteiger partial charge on any atom is 0.123 e. The van der Waals surface area contributed by atoms with E-state index in [1.165, 1.54) is 17.7 Å². The molecule has 0 aliphatic heterocycles. The van der Waals surface area contributed by atoms with Gasteiger partial charge in [-0.25, -0.2) is 4.39 Å². The molecule has 2 heteroatoms. The molecule has 16 heavy (non-hydrogen) atoms. The van der Waals surface area contributed by atoms with Crippen molar-refractivity contribution in [1.82, 2.24) is 0 Å². The largest absolute Gasteiger partial charge is 0.345 e. The molecule has 2 rings (SSSR count). The van der Waals surface area contributed by atoms with Crippen LogP contribution < -0.4 is 4.90 Å². The maximum absolute atomic E-state index is 12.8. The Morgan fingerprint density at radius 2 is 1.62 bits per heavy atom. The van der Waals surface area contributed by atoms with Crippen molar-refractivity contribution in [3.63, 3.8) is 0 Å². The Balaban J connectivity index is 2.31. The fourth-order valence-corrected chi connectivity index (χ4v) is 1.65. The van der Waals surface area contributed by atoms with E-state index in [4.69, 9.17) is 0 Å². The number of hydrogen-bond acceptors (Lipinski definition) is 1. The molecule has 1 nitrogen and oxygen atoms in total. The fourth-order valence-electron chi connectivity index (χ4n) is 1.65. The van der Waals surface area contributed by atoms with E-state index < -0.39 is 0 Å². The lowest BCUT2D eigenvalue weighted by atomic mass is 10.2. The quantitative estimate of drug-likeness (QED) is 0.734. The number of halogens is 1. The van der Waals surface area contributed by atoms with Gasteiger partial charge in [-0.1, -0.05) is 12.1 Å². The van der Waals surface area contributed by atoms with Crippen molar-refractivity contribution in [1.29, 1.82) is 0 Å². The summed E-state index contributed by atoms with van der Waals surface area (Å²) in [6.07, 6.45) is 0. The molecule has 0 fully saturated rings. The first-order valence-electron chi connectivity index (χ1n) is 5.23. The van der Waals surface area contributed by atoms with Gasteiger partial charge in [0.25, 0.3) is 0 Å². The van der Waals surface area contributed by atoms with Crippen molar-refractivity contribution >= 4 is 11.4 Å². The van der Waals surface area contributed by atoms with Crippen LogP contribution in [0.15, 0.2) is 48.5 Å². The van der Waals surface area contributed by atoms with Crippen molar-refractivity contribution in [2.24, 2.45) is 0 Å². The van der Waals surface area contributed by atoms with Gasteiger partial charge in [0, 0.05) is 18.4 Å². The molecule has 0 amide bonds. The molecule has 0 aromatic heterocycles. The van der Waals surface area contributed by atoms with Crippen molar-refractivity contribution in [3.8, 4) is 0 Å². The highest BCUT2D eigenvalue weighted by Gasteiger charge is 2.03. The van der Waals surface area contributed by atoms with Gasteiger partial charge in [0.1, 0.15) is 5.82 Å². The normalized spacial score (nSPS) is 10.2. The number of anilines is 2. The van der Waals surface area contributed by atoms with Gasteiger partial charge in [-0.3, -0.25) is 0 Å². The van der Waals surface area contributed by atoms with Crippen LogP contribution >= 0.6 is 0 Å². The molecule has 2 aromatic rings. The number of aryl methyl sites for hydroxylation is 1. The highest BCUT2D eigenvalue weighted by Crippen LogP contribution is 2.23. The zero-order chi connectivity index (χ0) is 11.5. The van der Waals surface area contributed by atoms with Crippen LogP contribution in [-0.4, -0.2) is 7.05 Å². The molecular weight excluding hydrogens is 201 g/mol. The molecule has 0 heterocycles. The molecule has 0 unspecified atom stereocenters. The molecule has 0 aliphatic carbocycles. The first-order chi connectivity index (χ1) is 7.66. The highest BCUT2D eigenvalue weighted by atomic mass is 19.1. The van der Waals surface area contributed by atoms with E-state index in [-0.39, 0.29) is 5.82 Å². The topological polar surface area (TPSA) is 3.24 Å². The van der Waals surface area contributed by atoms with Crippen LogP contribution in [0.1, 0.15) is 5.56 Å². The van der Waals surface area contributed by atoms with E-state index >= 15 is 0 Å². The second-order valence-electron chi connectivity index (χ2n) is 3.87. The molecule has 0 atom stereocenters. The second kappa shape index (κ2) is 4.35. The molecule has 0 N–H and O–H groups in total. The van der Waals surface area contributed by atoms with Crippen molar-refractivity contribution < 1.29 is 4.39 Å². The van der Waals surface area contributed by atoms with Crippen LogP contribution in [0.3, 0.4) is 0 Å². The van der Waals surface area contributed by atoms with Crippen LogP contribution in [0, 0.1) is 12.7 Å². The smallest absolute Gasteiger partial charge is 0.123 e. The lowest BCUT2D eigenvalue weighted by Crippen LogP contribution is -2.09. The maximum atomic E-state index is 12.8. The van der Waals surface area contributed by atoms with E-state index in [1.54, 1.807) is 12.1 Å².